The zero-order valence-electron chi connectivity index (χ0n) is 11.1. The Balaban J connectivity index is 1.93. The maximum absolute atomic E-state index is 11.8. The van der Waals surface area contributed by atoms with Crippen LogP contribution in [0.3, 0.4) is 0 Å². The molecule has 7 heteroatoms. The van der Waals surface area contributed by atoms with Crippen LogP contribution in [0.1, 0.15) is 0 Å². The van der Waals surface area contributed by atoms with Crippen molar-refractivity contribution in [2.45, 2.75) is 0 Å². The molecule has 0 fully saturated rings. The summed E-state index contributed by atoms with van der Waals surface area (Å²) in [7, 11) is 3.05. The van der Waals surface area contributed by atoms with E-state index in [9.17, 15) is 4.79 Å². The van der Waals surface area contributed by atoms with E-state index in [4.69, 9.17) is 9.47 Å². The van der Waals surface area contributed by atoms with Crippen LogP contribution < -0.4 is 20.1 Å². The van der Waals surface area contributed by atoms with Gasteiger partial charge in [-0.1, -0.05) is 0 Å². The Labute approximate surface area is 116 Å². The molecular formula is C13H14N4O3. The molecule has 0 saturated carbocycles. The summed E-state index contributed by atoms with van der Waals surface area (Å²) < 4.78 is 9.86. The van der Waals surface area contributed by atoms with Gasteiger partial charge in [0.05, 0.1) is 32.3 Å². The van der Waals surface area contributed by atoms with Gasteiger partial charge in [0.15, 0.2) is 0 Å². The fourth-order valence-corrected chi connectivity index (χ4v) is 1.45. The zero-order chi connectivity index (χ0) is 14.4. The van der Waals surface area contributed by atoms with Crippen molar-refractivity contribution >= 4 is 17.4 Å². The molecule has 2 N–H and O–H groups in total. The third-order valence-electron chi connectivity index (χ3n) is 2.42. The predicted octanol–water partition coefficient (Wildman–Crippen LogP) is 2.14. The summed E-state index contributed by atoms with van der Waals surface area (Å²) in [5.41, 5.74) is 1.12. The average Bonchev–Trinajstić information content (AvgIpc) is 2.49. The number of ether oxygens (including phenoxy) is 2. The summed E-state index contributed by atoms with van der Waals surface area (Å²) in [6, 6.07) is 6.85. The molecule has 7 nitrogen and oxygen atoms in total. The summed E-state index contributed by atoms with van der Waals surface area (Å²) in [4.78, 5) is 19.5. The molecule has 0 bridgehead atoms. The quantitative estimate of drug-likeness (QED) is 0.892. The number of anilines is 2. The van der Waals surface area contributed by atoms with Crippen molar-refractivity contribution in [3.63, 3.8) is 0 Å². The zero-order valence-corrected chi connectivity index (χ0v) is 11.1. The van der Waals surface area contributed by atoms with Gasteiger partial charge >= 0.3 is 12.0 Å². The summed E-state index contributed by atoms with van der Waals surface area (Å²) in [6.45, 7) is 0. The van der Waals surface area contributed by atoms with E-state index in [0.717, 1.165) is 5.75 Å². The molecule has 20 heavy (non-hydrogen) atoms. The second-order valence-corrected chi connectivity index (χ2v) is 3.77. The number of benzene rings is 1. The van der Waals surface area contributed by atoms with Crippen molar-refractivity contribution < 1.29 is 14.3 Å². The number of amides is 2. The molecule has 104 valence electrons. The number of hydrogen-bond acceptors (Lipinski definition) is 5. The van der Waals surface area contributed by atoms with Crippen LogP contribution in [0.5, 0.6) is 11.8 Å². The third-order valence-corrected chi connectivity index (χ3v) is 2.42. The average molecular weight is 274 g/mol. The van der Waals surface area contributed by atoms with E-state index in [-0.39, 0.29) is 12.0 Å². The Kier molecular flexibility index (Phi) is 4.33. The van der Waals surface area contributed by atoms with E-state index in [2.05, 4.69) is 20.6 Å². The number of urea groups is 1. The second-order valence-electron chi connectivity index (χ2n) is 3.77. The molecule has 2 rings (SSSR count). The van der Waals surface area contributed by atoms with Crippen LogP contribution in [0.25, 0.3) is 0 Å². The SMILES string of the molecule is COc1ccc(NC(=O)Nc2cnc(OC)nc2)cc1. The number of nitrogens with zero attached hydrogens (tertiary/aromatic N) is 2. The Morgan fingerprint density at radius 2 is 1.55 bits per heavy atom. The van der Waals surface area contributed by atoms with Gasteiger partial charge in [-0.25, -0.2) is 14.8 Å². The number of rotatable bonds is 4. The molecule has 0 saturated heterocycles. The van der Waals surface area contributed by atoms with Gasteiger partial charge in [0.1, 0.15) is 5.75 Å². The molecule has 1 heterocycles. The lowest BCUT2D eigenvalue weighted by molar-refractivity contribution is 0.262. The van der Waals surface area contributed by atoms with Crippen molar-refractivity contribution in [1.82, 2.24) is 9.97 Å². The third kappa shape index (κ3) is 3.58. The molecule has 2 aromatic rings. The monoisotopic (exact) mass is 274 g/mol. The van der Waals surface area contributed by atoms with Gasteiger partial charge in [-0.3, -0.25) is 0 Å². The van der Waals surface area contributed by atoms with Gasteiger partial charge in [-0.15, -0.1) is 0 Å². The number of methoxy groups -OCH3 is 2. The van der Waals surface area contributed by atoms with E-state index in [1.165, 1.54) is 19.5 Å². The first-order valence-corrected chi connectivity index (χ1v) is 5.79. The van der Waals surface area contributed by atoms with Gasteiger partial charge < -0.3 is 20.1 Å². The second kappa shape index (κ2) is 6.37. The van der Waals surface area contributed by atoms with E-state index in [0.29, 0.717) is 11.4 Å². The molecule has 0 aliphatic rings. The topological polar surface area (TPSA) is 85.4 Å². The highest BCUT2D eigenvalue weighted by molar-refractivity contribution is 5.99. The van der Waals surface area contributed by atoms with Gasteiger partial charge in [-0.2, -0.15) is 0 Å². The molecule has 0 radical (unpaired) electrons. The maximum Gasteiger partial charge on any atom is 0.323 e. The van der Waals surface area contributed by atoms with Gasteiger partial charge in [-0.05, 0) is 24.3 Å². The number of nitrogens with one attached hydrogen (secondary N) is 2. The van der Waals surface area contributed by atoms with Crippen LogP contribution in [0.15, 0.2) is 36.7 Å². The van der Waals surface area contributed by atoms with Crippen molar-refractivity contribution in [2.24, 2.45) is 0 Å². The van der Waals surface area contributed by atoms with Crippen LogP contribution in [0, 0.1) is 0 Å². The molecule has 2 amide bonds. The Morgan fingerprint density at radius 1 is 0.950 bits per heavy atom. The summed E-state index contributed by atoms with van der Waals surface area (Å²) in [5, 5.41) is 5.29. The number of aromatic nitrogens is 2. The van der Waals surface area contributed by atoms with Crippen LogP contribution in [-0.4, -0.2) is 30.2 Å². The van der Waals surface area contributed by atoms with Crippen molar-refractivity contribution in [1.29, 1.82) is 0 Å². The Bertz CT molecular complexity index is 518. The van der Waals surface area contributed by atoms with Gasteiger partial charge in [0.2, 0.25) is 0 Å². The highest BCUT2D eigenvalue weighted by Crippen LogP contribution is 2.15. The van der Waals surface area contributed by atoms with E-state index in [1.807, 2.05) is 0 Å². The lowest BCUT2D eigenvalue weighted by Gasteiger charge is -2.08. The first-order chi connectivity index (χ1) is 9.71. The number of carbonyl (C=O) groups excluding carboxylic acids is 1. The van der Waals surface area contributed by atoms with E-state index >= 15 is 0 Å². The molecule has 0 aliphatic carbocycles. The smallest absolute Gasteiger partial charge is 0.323 e. The highest BCUT2D eigenvalue weighted by Gasteiger charge is 2.04. The molecule has 0 aliphatic heterocycles. The number of hydrogen-bond donors (Lipinski definition) is 2. The summed E-state index contributed by atoms with van der Waals surface area (Å²) in [6.07, 6.45) is 2.92. The van der Waals surface area contributed by atoms with Crippen LogP contribution >= 0.6 is 0 Å². The van der Waals surface area contributed by atoms with Gasteiger partial charge in [0.25, 0.3) is 0 Å². The lowest BCUT2D eigenvalue weighted by atomic mass is 10.3. The standard InChI is InChI=1S/C13H14N4O3/c1-19-11-5-3-9(4-6-11)16-12(18)17-10-7-14-13(20-2)15-8-10/h3-8H,1-2H3,(H2,16,17,18). The van der Waals surface area contributed by atoms with E-state index in [1.54, 1.807) is 31.4 Å². The molecular weight excluding hydrogens is 260 g/mol. The minimum atomic E-state index is -0.385. The molecule has 0 unspecified atom stereocenters. The van der Waals surface area contributed by atoms with Gasteiger partial charge in [0, 0.05) is 5.69 Å². The molecule has 0 atom stereocenters. The van der Waals surface area contributed by atoms with Crippen LogP contribution in [-0.2, 0) is 0 Å². The first kappa shape index (κ1) is 13.6. The maximum atomic E-state index is 11.8. The fraction of sp³-hybridized carbons (Fsp3) is 0.154. The largest absolute Gasteiger partial charge is 0.497 e. The minimum Gasteiger partial charge on any atom is -0.497 e. The van der Waals surface area contributed by atoms with E-state index < -0.39 is 0 Å². The lowest BCUT2D eigenvalue weighted by Crippen LogP contribution is -2.19. The van der Waals surface area contributed by atoms with Crippen molar-refractivity contribution in [3.8, 4) is 11.8 Å². The number of carbonyl (C=O) groups is 1. The predicted molar refractivity (Wildman–Crippen MR) is 74.2 cm³/mol. The highest BCUT2D eigenvalue weighted by atomic mass is 16.5. The van der Waals surface area contributed by atoms with Crippen molar-refractivity contribution in [2.75, 3.05) is 24.9 Å². The Morgan fingerprint density at radius 3 is 2.10 bits per heavy atom. The molecule has 1 aromatic heterocycles. The normalized spacial score (nSPS) is 9.70. The summed E-state index contributed by atoms with van der Waals surface area (Å²) in [5.74, 6) is 0.722. The molecule has 0 spiro atoms. The molecule has 1 aromatic carbocycles. The minimum absolute atomic E-state index is 0.242. The Hall–Kier alpha value is -2.83. The van der Waals surface area contributed by atoms with Crippen LogP contribution in [0.2, 0.25) is 0 Å². The first-order valence-electron chi connectivity index (χ1n) is 5.79. The fourth-order valence-electron chi connectivity index (χ4n) is 1.45. The van der Waals surface area contributed by atoms with Crippen molar-refractivity contribution in [3.05, 3.63) is 36.7 Å². The van der Waals surface area contributed by atoms with Crippen LogP contribution in [0.4, 0.5) is 16.2 Å². The summed E-state index contributed by atoms with van der Waals surface area (Å²) >= 11 is 0.